The van der Waals surface area contributed by atoms with Crippen LogP contribution in [0.4, 0.5) is 26.3 Å². The highest BCUT2D eigenvalue weighted by molar-refractivity contribution is 4.54. The molecule has 2 nitrogen and oxygen atoms in total. The maximum absolute atomic E-state index is 11.7. The molecular formula is C9H15F6NO. The van der Waals surface area contributed by atoms with Gasteiger partial charge >= 0.3 is 12.4 Å². The molecule has 1 N–H and O–H groups in total. The summed E-state index contributed by atoms with van der Waals surface area (Å²) in [7, 11) is 0. The molecular weight excluding hydrogens is 252 g/mol. The quantitative estimate of drug-likeness (QED) is 0.539. The summed E-state index contributed by atoms with van der Waals surface area (Å²) >= 11 is 0. The van der Waals surface area contributed by atoms with Gasteiger partial charge in [0.1, 0.15) is 6.61 Å². The predicted molar refractivity (Wildman–Crippen MR) is 49.6 cm³/mol. The summed E-state index contributed by atoms with van der Waals surface area (Å²) in [6.45, 7) is -0.880. The van der Waals surface area contributed by atoms with Crippen molar-refractivity contribution < 1.29 is 31.1 Å². The number of hydrogen-bond donors (Lipinski definition) is 1. The molecule has 0 saturated heterocycles. The van der Waals surface area contributed by atoms with Gasteiger partial charge in [0.2, 0.25) is 0 Å². The average Bonchev–Trinajstić information content (AvgIpc) is 2.11. The minimum absolute atomic E-state index is 0.0138. The van der Waals surface area contributed by atoms with E-state index in [1.54, 1.807) is 0 Å². The highest BCUT2D eigenvalue weighted by Crippen LogP contribution is 2.21. The zero-order valence-corrected chi connectivity index (χ0v) is 9.13. The van der Waals surface area contributed by atoms with Crippen molar-refractivity contribution in [1.29, 1.82) is 0 Å². The molecule has 0 aromatic carbocycles. The monoisotopic (exact) mass is 267 g/mol. The SMILES string of the molecule is FC(F)(F)CCCCNCCOCC(F)(F)F. The lowest BCUT2D eigenvalue weighted by molar-refractivity contribution is -0.173. The van der Waals surface area contributed by atoms with Crippen LogP contribution in [0.15, 0.2) is 0 Å². The van der Waals surface area contributed by atoms with Gasteiger partial charge in [0.05, 0.1) is 6.61 Å². The fraction of sp³-hybridized carbons (Fsp3) is 1.00. The summed E-state index contributed by atoms with van der Waals surface area (Å²) in [6.07, 6.45) is -8.97. The largest absolute Gasteiger partial charge is 0.411 e. The molecule has 0 aromatic rings. The van der Waals surface area contributed by atoms with Crippen molar-refractivity contribution >= 4 is 0 Å². The van der Waals surface area contributed by atoms with Crippen LogP contribution in [-0.4, -0.2) is 38.7 Å². The lowest BCUT2D eigenvalue weighted by Gasteiger charge is -2.09. The van der Waals surface area contributed by atoms with Crippen LogP contribution in [0.5, 0.6) is 0 Å². The van der Waals surface area contributed by atoms with Gasteiger partial charge in [-0.1, -0.05) is 0 Å². The van der Waals surface area contributed by atoms with E-state index < -0.39 is 25.4 Å². The number of rotatable bonds is 8. The van der Waals surface area contributed by atoms with E-state index >= 15 is 0 Å². The Morgan fingerprint density at radius 2 is 1.47 bits per heavy atom. The summed E-state index contributed by atoms with van der Waals surface area (Å²) in [5.74, 6) is 0. The van der Waals surface area contributed by atoms with Gasteiger partial charge in [-0.3, -0.25) is 0 Å². The number of hydrogen-bond acceptors (Lipinski definition) is 2. The third kappa shape index (κ3) is 15.5. The predicted octanol–water partition coefficient (Wildman–Crippen LogP) is 2.89. The maximum Gasteiger partial charge on any atom is 0.411 e. The Morgan fingerprint density at radius 3 is 2.00 bits per heavy atom. The van der Waals surface area contributed by atoms with Crippen LogP contribution in [0, 0.1) is 0 Å². The lowest BCUT2D eigenvalue weighted by Crippen LogP contribution is -2.24. The minimum atomic E-state index is -4.34. The number of ether oxygens (including phenoxy) is 1. The number of unbranched alkanes of at least 4 members (excludes halogenated alkanes) is 1. The maximum atomic E-state index is 11.7. The fourth-order valence-corrected chi connectivity index (χ4v) is 1.03. The summed E-state index contributed by atoms with van der Waals surface area (Å²) in [5.41, 5.74) is 0. The van der Waals surface area contributed by atoms with Gasteiger partial charge in [0.15, 0.2) is 0 Å². The van der Waals surface area contributed by atoms with Gasteiger partial charge in [-0.25, -0.2) is 0 Å². The second-order valence-corrected chi connectivity index (χ2v) is 3.49. The van der Waals surface area contributed by atoms with Gasteiger partial charge < -0.3 is 10.1 Å². The molecule has 0 radical (unpaired) electrons. The first-order valence-electron chi connectivity index (χ1n) is 5.13. The lowest BCUT2D eigenvalue weighted by atomic mass is 10.2. The summed E-state index contributed by atoms with van der Waals surface area (Å²) in [6, 6.07) is 0. The highest BCUT2D eigenvalue weighted by Gasteiger charge is 2.27. The molecule has 0 aromatic heterocycles. The minimum Gasteiger partial charge on any atom is -0.371 e. The van der Waals surface area contributed by atoms with E-state index in [4.69, 9.17) is 0 Å². The number of alkyl halides is 6. The van der Waals surface area contributed by atoms with E-state index in [1.807, 2.05) is 0 Å². The van der Waals surface area contributed by atoms with Crippen molar-refractivity contribution in [3.8, 4) is 0 Å². The van der Waals surface area contributed by atoms with Crippen LogP contribution >= 0.6 is 0 Å². The summed E-state index contributed by atoms with van der Waals surface area (Å²) in [4.78, 5) is 0. The van der Waals surface area contributed by atoms with Crippen molar-refractivity contribution in [1.82, 2.24) is 5.32 Å². The van der Waals surface area contributed by atoms with Crippen molar-refractivity contribution in [3.63, 3.8) is 0 Å². The van der Waals surface area contributed by atoms with Crippen LogP contribution in [0.25, 0.3) is 0 Å². The zero-order valence-electron chi connectivity index (χ0n) is 9.13. The van der Waals surface area contributed by atoms with Crippen LogP contribution in [-0.2, 0) is 4.74 Å². The third-order valence-corrected chi connectivity index (χ3v) is 1.75. The van der Waals surface area contributed by atoms with E-state index in [2.05, 4.69) is 10.1 Å². The number of halogens is 6. The Balaban J connectivity index is 3.15. The van der Waals surface area contributed by atoms with Crippen molar-refractivity contribution in [2.45, 2.75) is 31.6 Å². The topological polar surface area (TPSA) is 21.3 Å². The molecule has 0 heterocycles. The van der Waals surface area contributed by atoms with Gasteiger partial charge in [0, 0.05) is 13.0 Å². The molecule has 104 valence electrons. The smallest absolute Gasteiger partial charge is 0.371 e. The van der Waals surface area contributed by atoms with Crippen molar-refractivity contribution in [2.24, 2.45) is 0 Å². The first-order valence-corrected chi connectivity index (χ1v) is 5.13. The molecule has 8 heteroatoms. The first kappa shape index (κ1) is 16.5. The van der Waals surface area contributed by atoms with Gasteiger partial charge in [-0.05, 0) is 19.4 Å². The Hall–Kier alpha value is -0.500. The molecule has 0 aliphatic carbocycles. The van der Waals surface area contributed by atoms with E-state index in [0.717, 1.165) is 0 Å². The molecule has 0 rings (SSSR count). The van der Waals surface area contributed by atoms with Crippen LogP contribution in [0.3, 0.4) is 0 Å². The van der Waals surface area contributed by atoms with Gasteiger partial charge in [-0.2, -0.15) is 26.3 Å². The highest BCUT2D eigenvalue weighted by atomic mass is 19.4. The standard InChI is InChI=1S/C9H15F6NO/c10-8(11,12)3-1-2-4-16-5-6-17-7-9(13,14)15/h16H,1-7H2. The molecule has 0 fully saturated rings. The average molecular weight is 267 g/mol. The van der Waals surface area contributed by atoms with Crippen LogP contribution in [0.2, 0.25) is 0 Å². The molecule has 17 heavy (non-hydrogen) atoms. The second kappa shape index (κ2) is 7.75. The second-order valence-electron chi connectivity index (χ2n) is 3.49. The molecule has 0 spiro atoms. The zero-order chi connectivity index (χ0) is 13.4. The molecule has 0 saturated carbocycles. The Labute approximate surface area is 95.3 Å². The molecule has 0 aliphatic rings. The molecule has 0 aliphatic heterocycles. The molecule has 0 unspecified atom stereocenters. The molecule has 0 bridgehead atoms. The Bertz CT molecular complexity index is 171. The van der Waals surface area contributed by atoms with Crippen LogP contribution < -0.4 is 5.32 Å². The Morgan fingerprint density at radius 1 is 0.824 bits per heavy atom. The van der Waals surface area contributed by atoms with E-state index in [0.29, 0.717) is 13.0 Å². The third-order valence-electron chi connectivity index (χ3n) is 1.75. The van der Waals surface area contributed by atoms with E-state index in [-0.39, 0.29) is 19.6 Å². The first-order chi connectivity index (χ1) is 7.71. The summed E-state index contributed by atoms with van der Waals surface area (Å²) in [5, 5.41) is 2.70. The van der Waals surface area contributed by atoms with E-state index in [1.165, 1.54) is 0 Å². The van der Waals surface area contributed by atoms with Gasteiger partial charge in [-0.15, -0.1) is 0 Å². The van der Waals surface area contributed by atoms with E-state index in [9.17, 15) is 26.3 Å². The normalized spacial score (nSPS) is 13.1. The van der Waals surface area contributed by atoms with Crippen molar-refractivity contribution in [3.05, 3.63) is 0 Å². The molecule has 0 atom stereocenters. The molecule has 0 amide bonds. The Kier molecular flexibility index (Phi) is 7.53. The van der Waals surface area contributed by atoms with Gasteiger partial charge in [0.25, 0.3) is 0 Å². The van der Waals surface area contributed by atoms with Crippen LogP contribution in [0.1, 0.15) is 19.3 Å². The summed E-state index contributed by atoms with van der Waals surface area (Å²) < 4.78 is 74.2. The fourth-order valence-electron chi connectivity index (χ4n) is 1.03. The number of nitrogens with one attached hydrogen (secondary N) is 1. The van der Waals surface area contributed by atoms with Crippen molar-refractivity contribution in [2.75, 3.05) is 26.3 Å².